The molecule has 0 spiro atoms. The molecule has 0 fully saturated rings. The highest BCUT2D eigenvalue weighted by molar-refractivity contribution is 5.91. The van der Waals surface area contributed by atoms with Gasteiger partial charge in [0.15, 0.2) is 0 Å². The number of hydrogen-bond donors (Lipinski definition) is 2. The monoisotopic (exact) mass is 312 g/mol. The van der Waals surface area contributed by atoms with E-state index in [4.69, 9.17) is 4.74 Å². The molecule has 120 valence electrons. The second kappa shape index (κ2) is 9.25. The van der Waals surface area contributed by atoms with Gasteiger partial charge >= 0.3 is 6.09 Å². The minimum Gasteiger partial charge on any atom is -0.444 e. The Balaban J connectivity index is 1.58. The van der Waals surface area contributed by atoms with Crippen molar-refractivity contribution >= 4 is 17.7 Å². The summed E-state index contributed by atoms with van der Waals surface area (Å²) in [6.07, 6.45) is 0.183. The van der Waals surface area contributed by atoms with Crippen molar-refractivity contribution in [2.24, 2.45) is 0 Å². The Bertz CT molecular complexity index is 615. The first kappa shape index (κ1) is 16.5. The number of imide groups is 1. The van der Waals surface area contributed by atoms with Crippen molar-refractivity contribution in [3.05, 3.63) is 66.2 Å². The molecule has 2 rings (SSSR count). The molecule has 23 heavy (non-hydrogen) atoms. The van der Waals surface area contributed by atoms with Crippen LogP contribution in [-0.2, 0) is 16.1 Å². The van der Waals surface area contributed by atoms with Crippen LogP contribution in [0.1, 0.15) is 18.4 Å². The molecule has 2 aromatic carbocycles. The van der Waals surface area contributed by atoms with Crippen molar-refractivity contribution in [3.63, 3.8) is 0 Å². The topological polar surface area (TPSA) is 67.4 Å². The van der Waals surface area contributed by atoms with Gasteiger partial charge in [0.1, 0.15) is 6.61 Å². The number of amides is 2. The zero-order valence-corrected chi connectivity index (χ0v) is 12.8. The van der Waals surface area contributed by atoms with Gasteiger partial charge in [-0.15, -0.1) is 0 Å². The molecule has 5 heteroatoms. The first-order valence-corrected chi connectivity index (χ1v) is 7.53. The van der Waals surface area contributed by atoms with Crippen LogP contribution in [0.3, 0.4) is 0 Å². The molecule has 0 aromatic heterocycles. The van der Waals surface area contributed by atoms with Crippen LogP contribution in [0.4, 0.5) is 10.5 Å². The predicted molar refractivity (Wildman–Crippen MR) is 88.9 cm³/mol. The lowest BCUT2D eigenvalue weighted by Crippen LogP contribution is -2.31. The van der Waals surface area contributed by atoms with Crippen LogP contribution < -0.4 is 10.6 Å². The maximum absolute atomic E-state index is 11.6. The van der Waals surface area contributed by atoms with Crippen molar-refractivity contribution in [2.75, 3.05) is 11.9 Å². The van der Waals surface area contributed by atoms with Crippen molar-refractivity contribution in [1.82, 2.24) is 5.32 Å². The molecule has 5 nitrogen and oxygen atoms in total. The molecule has 0 atom stereocenters. The SMILES string of the molecule is O=C(CCCNc1ccccc1)NC(=O)OCc1ccccc1. The Morgan fingerprint density at radius 3 is 2.26 bits per heavy atom. The van der Waals surface area contributed by atoms with E-state index in [1.165, 1.54) is 0 Å². The third-order valence-corrected chi connectivity index (χ3v) is 3.14. The van der Waals surface area contributed by atoms with E-state index < -0.39 is 6.09 Å². The number of hydrogen-bond acceptors (Lipinski definition) is 4. The number of rotatable bonds is 7. The number of carbonyl (C=O) groups is 2. The van der Waals surface area contributed by atoms with Crippen LogP contribution in [0.5, 0.6) is 0 Å². The van der Waals surface area contributed by atoms with Crippen LogP contribution in [-0.4, -0.2) is 18.5 Å². The minimum atomic E-state index is -0.713. The van der Waals surface area contributed by atoms with Crippen molar-refractivity contribution in [1.29, 1.82) is 0 Å². The van der Waals surface area contributed by atoms with Gasteiger partial charge in [-0.1, -0.05) is 48.5 Å². The van der Waals surface area contributed by atoms with E-state index in [2.05, 4.69) is 10.6 Å². The summed E-state index contributed by atoms with van der Waals surface area (Å²) >= 11 is 0. The number of alkyl carbamates (subject to hydrolysis) is 1. The Hall–Kier alpha value is -2.82. The van der Waals surface area contributed by atoms with E-state index in [9.17, 15) is 9.59 Å². The van der Waals surface area contributed by atoms with Gasteiger partial charge in [-0.05, 0) is 24.1 Å². The van der Waals surface area contributed by atoms with Crippen LogP contribution >= 0.6 is 0 Å². The second-order valence-electron chi connectivity index (χ2n) is 5.01. The molecular formula is C18H20N2O3. The Labute approximate surface area is 135 Å². The molecule has 0 unspecified atom stereocenters. The average Bonchev–Trinajstić information content (AvgIpc) is 2.59. The lowest BCUT2D eigenvalue weighted by molar-refractivity contribution is -0.120. The summed E-state index contributed by atoms with van der Waals surface area (Å²) in [5, 5.41) is 5.42. The standard InChI is InChI=1S/C18H20N2O3/c21-17(12-7-13-19-16-10-5-2-6-11-16)20-18(22)23-14-15-8-3-1-4-9-15/h1-6,8-11,19H,7,12-14H2,(H,20,21,22). The van der Waals surface area contributed by atoms with Crippen molar-refractivity contribution < 1.29 is 14.3 Å². The summed E-state index contributed by atoms with van der Waals surface area (Å²) in [6, 6.07) is 19.1. The molecule has 0 radical (unpaired) electrons. The quantitative estimate of drug-likeness (QED) is 0.770. The Morgan fingerprint density at radius 1 is 0.913 bits per heavy atom. The lowest BCUT2D eigenvalue weighted by atomic mass is 10.2. The summed E-state index contributed by atoms with van der Waals surface area (Å²) in [5.74, 6) is -0.335. The van der Waals surface area contributed by atoms with Crippen molar-refractivity contribution in [2.45, 2.75) is 19.4 Å². The van der Waals surface area contributed by atoms with Gasteiger partial charge in [-0.25, -0.2) is 4.79 Å². The molecule has 0 saturated carbocycles. The lowest BCUT2D eigenvalue weighted by Gasteiger charge is -2.07. The fourth-order valence-electron chi connectivity index (χ4n) is 1.97. The molecule has 0 heterocycles. The third-order valence-electron chi connectivity index (χ3n) is 3.14. The number of carbonyl (C=O) groups excluding carboxylic acids is 2. The largest absolute Gasteiger partial charge is 0.444 e. The summed E-state index contributed by atoms with van der Waals surface area (Å²) in [4.78, 5) is 23.1. The van der Waals surface area contributed by atoms with E-state index in [0.29, 0.717) is 13.0 Å². The number of benzene rings is 2. The molecule has 0 aliphatic rings. The maximum Gasteiger partial charge on any atom is 0.414 e. The highest BCUT2D eigenvalue weighted by atomic mass is 16.5. The van der Waals surface area contributed by atoms with Crippen LogP contribution in [0.25, 0.3) is 0 Å². The molecule has 2 amide bonds. The fourth-order valence-corrected chi connectivity index (χ4v) is 1.97. The second-order valence-corrected chi connectivity index (χ2v) is 5.01. The molecule has 2 N–H and O–H groups in total. The highest BCUT2D eigenvalue weighted by Crippen LogP contribution is 2.05. The summed E-state index contributed by atoms with van der Waals surface area (Å²) < 4.78 is 4.99. The molecule has 0 saturated heterocycles. The number of ether oxygens (including phenoxy) is 1. The van der Waals surface area contributed by atoms with Gasteiger partial charge in [-0.2, -0.15) is 0 Å². The Morgan fingerprint density at radius 2 is 1.57 bits per heavy atom. The van der Waals surface area contributed by atoms with Gasteiger partial charge in [0.25, 0.3) is 0 Å². The van der Waals surface area contributed by atoms with E-state index in [-0.39, 0.29) is 18.9 Å². The van der Waals surface area contributed by atoms with Crippen LogP contribution in [0.2, 0.25) is 0 Å². The smallest absolute Gasteiger partial charge is 0.414 e. The molecule has 2 aromatic rings. The predicted octanol–water partition coefficient (Wildman–Crippen LogP) is 3.33. The van der Waals surface area contributed by atoms with Gasteiger partial charge in [0, 0.05) is 18.7 Å². The van der Waals surface area contributed by atoms with E-state index in [1.54, 1.807) is 0 Å². The number of anilines is 1. The fraction of sp³-hybridized carbons (Fsp3) is 0.222. The van der Waals surface area contributed by atoms with E-state index >= 15 is 0 Å². The molecule has 0 aliphatic heterocycles. The van der Waals surface area contributed by atoms with Crippen molar-refractivity contribution in [3.8, 4) is 0 Å². The van der Waals surface area contributed by atoms with Gasteiger partial charge < -0.3 is 10.1 Å². The van der Waals surface area contributed by atoms with Gasteiger partial charge in [-0.3, -0.25) is 10.1 Å². The summed E-state index contributed by atoms with van der Waals surface area (Å²) in [6.45, 7) is 0.812. The zero-order valence-electron chi connectivity index (χ0n) is 12.8. The first-order valence-electron chi connectivity index (χ1n) is 7.53. The highest BCUT2D eigenvalue weighted by Gasteiger charge is 2.08. The zero-order chi connectivity index (χ0) is 16.3. The third kappa shape index (κ3) is 6.65. The van der Waals surface area contributed by atoms with Gasteiger partial charge in [0.05, 0.1) is 0 Å². The average molecular weight is 312 g/mol. The molecule has 0 bridgehead atoms. The minimum absolute atomic E-state index is 0.148. The van der Waals surface area contributed by atoms with Crippen LogP contribution in [0.15, 0.2) is 60.7 Å². The summed E-state index contributed by atoms with van der Waals surface area (Å²) in [7, 11) is 0. The Kier molecular flexibility index (Phi) is 6.65. The van der Waals surface area contributed by atoms with E-state index in [1.807, 2.05) is 60.7 Å². The number of para-hydroxylation sites is 1. The normalized spacial score (nSPS) is 9.91. The summed E-state index contributed by atoms with van der Waals surface area (Å²) in [5.41, 5.74) is 1.89. The molecule has 0 aliphatic carbocycles. The number of nitrogens with one attached hydrogen (secondary N) is 2. The van der Waals surface area contributed by atoms with Gasteiger partial charge in [0.2, 0.25) is 5.91 Å². The molecular weight excluding hydrogens is 292 g/mol. The van der Waals surface area contributed by atoms with Crippen LogP contribution in [0, 0.1) is 0 Å². The first-order chi connectivity index (χ1) is 11.2. The van der Waals surface area contributed by atoms with E-state index in [0.717, 1.165) is 11.3 Å². The maximum atomic E-state index is 11.6.